The second-order valence-corrected chi connectivity index (χ2v) is 9.80. The van der Waals surface area contributed by atoms with Gasteiger partial charge in [-0.1, -0.05) is 46.4 Å². The summed E-state index contributed by atoms with van der Waals surface area (Å²) in [6.07, 6.45) is 0. The zero-order chi connectivity index (χ0) is 19.9. The van der Waals surface area contributed by atoms with Gasteiger partial charge in [0.1, 0.15) is 15.5 Å². The van der Waals surface area contributed by atoms with Crippen LogP contribution in [0.15, 0.2) is 34.3 Å². The van der Waals surface area contributed by atoms with Gasteiger partial charge in [-0.25, -0.2) is 4.90 Å². The lowest BCUT2D eigenvalue weighted by Gasteiger charge is -2.34. The molecule has 4 rings (SSSR count). The number of nitrogens with zero attached hydrogens (tertiary/aromatic N) is 1. The van der Waals surface area contributed by atoms with Crippen molar-refractivity contribution >= 4 is 87.1 Å². The summed E-state index contributed by atoms with van der Waals surface area (Å²) in [7, 11) is 0. The molecule has 4 nitrogen and oxygen atoms in total. The van der Waals surface area contributed by atoms with Crippen molar-refractivity contribution in [2.75, 3.05) is 11.5 Å². The molecule has 1 heterocycles. The van der Waals surface area contributed by atoms with E-state index in [1.807, 2.05) is 6.92 Å². The van der Waals surface area contributed by atoms with E-state index in [9.17, 15) is 9.59 Å². The summed E-state index contributed by atoms with van der Waals surface area (Å²) in [5.41, 5.74) is 0.352. The third kappa shape index (κ3) is 2.10. The maximum Gasteiger partial charge on any atom is 0.240 e. The quantitative estimate of drug-likeness (QED) is 0.441. The summed E-state index contributed by atoms with van der Waals surface area (Å²) in [6, 6.07) is 6.49. The Labute approximate surface area is 185 Å². The number of imide groups is 1. The number of benzene rings is 1. The molecule has 0 radical (unpaired) electrons. The van der Waals surface area contributed by atoms with Crippen molar-refractivity contribution in [3.63, 3.8) is 0 Å². The van der Waals surface area contributed by atoms with Crippen molar-refractivity contribution < 1.29 is 14.3 Å². The van der Waals surface area contributed by atoms with E-state index in [0.29, 0.717) is 18.0 Å². The molecular formula is C17H11Cl6NO3. The van der Waals surface area contributed by atoms with Gasteiger partial charge in [0.2, 0.25) is 11.8 Å². The first-order valence-electron chi connectivity index (χ1n) is 7.97. The summed E-state index contributed by atoms with van der Waals surface area (Å²) in [5, 5.41) is -0.219. The number of ether oxygens (including phenoxy) is 1. The Morgan fingerprint density at radius 2 is 1.37 bits per heavy atom. The monoisotopic (exact) mass is 487 g/mol. The van der Waals surface area contributed by atoms with E-state index in [-0.39, 0.29) is 10.1 Å². The van der Waals surface area contributed by atoms with Crippen LogP contribution in [-0.4, -0.2) is 32.5 Å². The number of carbonyl (C=O) groups excluding carboxylic acids is 2. The molecule has 1 aromatic rings. The second-order valence-electron chi connectivity index (χ2n) is 6.52. The summed E-state index contributed by atoms with van der Waals surface area (Å²) >= 11 is 38.7. The van der Waals surface area contributed by atoms with Gasteiger partial charge in [-0.15, -0.1) is 23.2 Å². The highest BCUT2D eigenvalue weighted by atomic mass is 35.5. The number of anilines is 1. The van der Waals surface area contributed by atoms with Crippen LogP contribution in [0.25, 0.3) is 0 Å². The first-order valence-corrected chi connectivity index (χ1v) is 10.2. The van der Waals surface area contributed by atoms with Crippen molar-refractivity contribution in [3.05, 3.63) is 34.3 Å². The SMILES string of the molecule is CCOc1ccc(N2C(=O)[C@@H]3[C@H](C2=O)[C@]2(Cl)C(Cl)=C(Cl)[C@]3(Cl)C2(Cl)Cl)cc1. The molecule has 2 fully saturated rings. The average molecular weight is 490 g/mol. The Morgan fingerprint density at radius 3 is 1.78 bits per heavy atom. The lowest BCUT2D eigenvalue weighted by atomic mass is 9.84. The van der Waals surface area contributed by atoms with E-state index in [1.54, 1.807) is 24.3 Å². The van der Waals surface area contributed by atoms with E-state index >= 15 is 0 Å². The molecule has 0 aromatic heterocycles. The zero-order valence-corrected chi connectivity index (χ0v) is 18.1. The minimum absolute atomic E-state index is 0.109. The minimum atomic E-state index is -1.93. The highest BCUT2D eigenvalue weighted by Crippen LogP contribution is 2.77. The fourth-order valence-electron chi connectivity index (χ4n) is 4.11. The van der Waals surface area contributed by atoms with Gasteiger partial charge in [0, 0.05) is 0 Å². The lowest BCUT2D eigenvalue weighted by molar-refractivity contribution is -0.123. The van der Waals surface area contributed by atoms with Crippen LogP contribution < -0.4 is 9.64 Å². The molecule has 10 heteroatoms. The molecule has 1 aliphatic heterocycles. The Morgan fingerprint density at radius 1 is 0.926 bits per heavy atom. The van der Waals surface area contributed by atoms with Crippen LogP contribution in [0, 0.1) is 11.8 Å². The first-order chi connectivity index (χ1) is 12.5. The Balaban J connectivity index is 1.81. The third-order valence-electron chi connectivity index (χ3n) is 5.31. The van der Waals surface area contributed by atoms with Crippen LogP contribution in [-0.2, 0) is 9.59 Å². The van der Waals surface area contributed by atoms with Gasteiger partial charge < -0.3 is 4.74 Å². The smallest absolute Gasteiger partial charge is 0.240 e. The molecule has 1 saturated heterocycles. The van der Waals surface area contributed by atoms with E-state index in [1.165, 1.54) is 0 Å². The maximum atomic E-state index is 13.2. The number of fused-ring (bicyclic) bond motifs is 5. The van der Waals surface area contributed by atoms with Crippen LogP contribution in [0.3, 0.4) is 0 Å². The van der Waals surface area contributed by atoms with Crippen LogP contribution in [0.1, 0.15) is 6.92 Å². The molecular weight excluding hydrogens is 479 g/mol. The molecule has 2 amide bonds. The van der Waals surface area contributed by atoms with E-state index in [0.717, 1.165) is 4.90 Å². The molecule has 1 saturated carbocycles. The normalized spacial score (nSPS) is 36.6. The standard InChI is InChI=1S/C17H11Cl6NO3/c1-2-27-8-5-3-7(4-6-8)24-13(25)9-10(14(24)26)16(21)12(19)11(18)15(9,20)17(16,22)23/h3-6,9-10H,2H2,1H3/t9-,10+,15-,16-/m0/s1. The molecule has 144 valence electrons. The Hall–Kier alpha value is -0.360. The largest absolute Gasteiger partial charge is 0.494 e. The van der Waals surface area contributed by atoms with Gasteiger partial charge in [-0.05, 0) is 31.2 Å². The highest BCUT2D eigenvalue weighted by Gasteiger charge is 2.87. The Bertz CT molecular complexity index is 854. The number of carbonyl (C=O) groups is 2. The summed E-state index contributed by atoms with van der Waals surface area (Å²) in [4.78, 5) is 23.8. The van der Waals surface area contributed by atoms with Gasteiger partial charge in [0.15, 0.2) is 4.33 Å². The number of halogens is 6. The van der Waals surface area contributed by atoms with Crippen molar-refractivity contribution in [1.29, 1.82) is 0 Å². The van der Waals surface area contributed by atoms with E-state index in [4.69, 9.17) is 74.3 Å². The average Bonchev–Trinajstić information content (AvgIpc) is 3.01. The summed E-state index contributed by atoms with van der Waals surface area (Å²) in [5.74, 6) is -2.84. The third-order valence-corrected chi connectivity index (χ3v) is 9.57. The molecule has 4 atom stereocenters. The van der Waals surface area contributed by atoms with Gasteiger partial charge in [0.25, 0.3) is 0 Å². The van der Waals surface area contributed by atoms with E-state index < -0.39 is 37.7 Å². The van der Waals surface area contributed by atoms with Crippen molar-refractivity contribution in [2.45, 2.75) is 21.0 Å². The molecule has 2 bridgehead atoms. The fourth-order valence-corrected chi connectivity index (χ4v) is 7.04. The number of rotatable bonds is 3. The lowest BCUT2D eigenvalue weighted by Crippen LogP contribution is -2.50. The van der Waals surface area contributed by atoms with Gasteiger partial charge in [-0.3, -0.25) is 9.59 Å². The number of hydrogen-bond donors (Lipinski definition) is 0. The molecule has 27 heavy (non-hydrogen) atoms. The Kier molecular flexibility index (Phi) is 4.48. The highest BCUT2D eigenvalue weighted by molar-refractivity contribution is 6.67. The fraction of sp³-hybridized carbons (Fsp3) is 0.412. The number of hydrogen-bond acceptors (Lipinski definition) is 3. The van der Waals surface area contributed by atoms with Crippen LogP contribution >= 0.6 is 69.6 Å². The molecule has 2 aliphatic carbocycles. The maximum absolute atomic E-state index is 13.2. The van der Waals surface area contributed by atoms with Crippen LogP contribution in [0.4, 0.5) is 5.69 Å². The van der Waals surface area contributed by atoms with Crippen molar-refractivity contribution in [2.24, 2.45) is 11.8 Å². The predicted molar refractivity (Wildman–Crippen MR) is 107 cm³/mol. The molecule has 0 unspecified atom stereocenters. The molecule has 0 spiro atoms. The predicted octanol–water partition coefficient (Wildman–Crippen LogP) is 5.04. The summed E-state index contributed by atoms with van der Waals surface area (Å²) < 4.78 is 3.45. The van der Waals surface area contributed by atoms with Gasteiger partial charge in [-0.2, -0.15) is 0 Å². The van der Waals surface area contributed by atoms with E-state index in [2.05, 4.69) is 0 Å². The summed E-state index contributed by atoms with van der Waals surface area (Å²) in [6.45, 7) is 2.34. The van der Waals surface area contributed by atoms with Gasteiger partial charge in [0.05, 0.1) is 34.2 Å². The number of allylic oxidation sites excluding steroid dienone is 2. The molecule has 3 aliphatic rings. The number of amides is 2. The minimum Gasteiger partial charge on any atom is -0.494 e. The molecule has 1 aromatic carbocycles. The van der Waals surface area contributed by atoms with Crippen molar-refractivity contribution in [3.8, 4) is 5.75 Å². The van der Waals surface area contributed by atoms with Gasteiger partial charge >= 0.3 is 0 Å². The zero-order valence-electron chi connectivity index (χ0n) is 13.6. The van der Waals surface area contributed by atoms with Crippen molar-refractivity contribution in [1.82, 2.24) is 0 Å². The number of alkyl halides is 4. The molecule has 0 N–H and O–H groups in total. The second kappa shape index (κ2) is 6.07. The first kappa shape index (κ1) is 19.9. The van der Waals surface area contributed by atoms with Crippen LogP contribution in [0.5, 0.6) is 5.75 Å². The topological polar surface area (TPSA) is 46.6 Å². The van der Waals surface area contributed by atoms with Crippen LogP contribution in [0.2, 0.25) is 0 Å².